The maximum atomic E-state index is 13.1. The molecule has 0 saturated heterocycles. The number of amides is 1. The highest BCUT2D eigenvalue weighted by Crippen LogP contribution is 2.26. The molecule has 1 unspecified atom stereocenters. The first-order valence-corrected chi connectivity index (χ1v) is 6.92. The Bertz CT molecular complexity index is 607. The van der Waals surface area contributed by atoms with Crippen LogP contribution in [0.4, 0.5) is 4.39 Å². The molecule has 1 aromatic carbocycles. The highest BCUT2D eigenvalue weighted by molar-refractivity contribution is 7.20. The topological polar surface area (TPSA) is 49.3 Å². The molecule has 1 amide bonds. The van der Waals surface area contributed by atoms with Crippen molar-refractivity contribution in [2.24, 2.45) is 0 Å². The molecule has 1 atom stereocenters. The van der Waals surface area contributed by atoms with Gasteiger partial charge in [-0.25, -0.2) is 4.39 Å². The molecule has 0 aliphatic heterocycles. The standard InChI is InChI=1S/C14H16FNO2S/c1-3-14(2,18)8-16-13(17)12-6-9-4-5-10(15)7-11(9)19-12/h4-7,18H,3,8H2,1-2H3,(H,16,17). The van der Waals surface area contributed by atoms with Gasteiger partial charge in [-0.05, 0) is 36.9 Å². The largest absolute Gasteiger partial charge is 0.388 e. The van der Waals surface area contributed by atoms with Crippen LogP contribution in [0.1, 0.15) is 29.9 Å². The molecule has 19 heavy (non-hydrogen) atoms. The van der Waals surface area contributed by atoms with E-state index in [0.29, 0.717) is 11.3 Å². The van der Waals surface area contributed by atoms with Gasteiger partial charge in [0, 0.05) is 11.2 Å². The molecule has 0 aliphatic rings. The summed E-state index contributed by atoms with van der Waals surface area (Å²) in [5.41, 5.74) is -0.904. The van der Waals surface area contributed by atoms with E-state index in [1.54, 1.807) is 19.1 Å². The average molecular weight is 281 g/mol. The fourth-order valence-corrected chi connectivity index (χ4v) is 2.60. The molecule has 0 spiro atoms. The summed E-state index contributed by atoms with van der Waals surface area (Å²) in [5, 5.41) is 13.4. The van der Waals surface area contributed by atoms with Gasteiger partial charge in [-0.2, -0.15) is 0 Å². The first kappa shape index (κ1) is 14.0. The van der Waals surface area contributed by atoms with Crippen LogP contribution < -0.4 is 5.32 Å². The Labute approximate surface area is 115 Å². The summed E-state index contributed by atoms with van der Waals surface area (Å²) in [5.74, 6) is -0.550. The van der Waals surface area contributed by atoms with Crippen molar-refractivity contribution < 1.29 is 14.3 Å². The first-order valence-electron chi connectivity index (χ1n) is 6.11. The van der Waals surface area contributed by atoms with E-state index in [9.17, 15) is 14.3 Å². The zero-order chi connectivity index (χ0) is 14.0. The van der Waals surface area contributed by atoms with Crippen molar-refractivity contribution >= 4 is 27.3 Å². The third-order valence-electron chi connectivity index (χ3n) is 3.10. The van der Waals surface area contributed by atoms with Gasteiger partial charge in [-0.3, -0.25) is 4.79 Å². The molecular formula is C14H16FNO2S. The number of carbonyl (C=O) groups is 1. The molecule has 0 bridgehead atoms. The number of hydrogen-bond acceptors (Lipinski definition) is 3. The third-order valence-corrected chi connectivity index (χ3v) is 4.19. The van der Waals surface area contributed by atoms with Gasteiger partial charge in [0.1, 0.15) is 5.82 Å². The van der Waals surface area contributed by atoms with E-state index in [0.717, 1.165) is 10.1 Å². The number of fused-ring (bicyclic) bond motifs is 1. The summed E-state index contributed by atoms with van der Waals surface area (Å²) in [6.45, 7) is 3.73. The Hall–Kier alpha value is -1.46. The van der Waals surface area contributed by atoms with Gasteiger partial charge in [-0.15, -0.1) is 11.3 Å². The number of benzene rings is 1. The lowest BCUT2D eigenvalue weighted by Crippen LogP contribution is -2.39. The van der Waals surface area contributed by atoms with E-state index >= 15 is 0 Å². The Balaban J connectivity index is 2.13. The van der Waals surface area contributed by atoms with Crippen molar-refractivity contribution in [2.45, 2.75) is 25.9 Å². The average Bonchev–Trinajstić information content (AvgIpc) is 2.79. The van der Waals surface area contributed by atoms with Gasteiger partial charge in [0.05, 0.1) is 10.5 Å². The van der Waals surface area contributed by atoms with E-state index in [2.05, 4.69) is 5.32 Å². The van der Waals surface area contributed by atoms with E-state index in [1.807, 2.05) is 6.92 Å². The minimum atomic E-state index is -0.904. The van der Waals surface area contributed by atoms with Crippen LogP contribution in [0.25, 0.3) is 10.1 Å². The van der Waals surface area contributed by atoms with Crippen molar-refractivity contribution in [3.8, 4) is 0 Å². The number of carbonyl (C=O) groups excluding carboxylic acids is 1. The van der Waals surface area contributed by atoms with Crippen LogP contribution in [0.3, 0.4) is 0 Å². The molecule has 1 heterocycles. The monoisotopic (exact) mass is 281 g/mol. The molecular weight excluding hydrogens is 265 g/mol. The van der Waals surface area contributed by atoms with Crippen LogP contribution in [0, 0.1) is 5.82 Å². The Morgan fingerprint density at radius 2 is 2.21 bits per heavy atom. The number of thiophene rings is 1. The van der Waals surface area contributed by atoms with Gasteiger partial charge < -0.3 is 10.4 Å². The summed E-state index contributed by atoms with van der Waals surface area (Å²) in [7, 11) is 0. The van der Waals surface area contributed by atoms with Gasteiger partial charge in [-0.1, -0.05) is 13.0 Å². The Morgan fingerprint density at radius 1 is 1.47 bits per heavy atom. The number of halogens is 1. The summed E-state index contributed by atoms with van der Waals surface area (Å²) >= 11 is 1.24. The van der Waals surface area contributed by atoms with Crippen molar-refractivity contribution in [3.63, 3.8) is 0 Å². The van der Waals surface area contributed by atoms with E-state index in [-0.39, 0.29) is 18.3 Å². The molecule has 0 radical (unpaired) electrons. The maximum absolute atomic E-state index is 13.1. The van der Waals surface area contributed by atoms with E-state index in [4.69, 9.17) is 0 Å². The molecule has 2 N–H and O–H groups in total. The van der Waals surface area contributed by atoms with Gasteiger partial charge in [0.2, 0.25) is 0 Å². The smallest absolute Gasteiger partial charge is 0.261 e. The molecule has 102 valence electrons. The van der Waals surface area contributed by atoms with Crippen LogP contribution in [0.5, 0.6) is 0 Å². The lowest BCUT2D eigenvalue weighted by Gasteiger charge is -2.21. The zero-order valence-corrected chi connectivity index (χ0v) is 11.7. The minimum Gasteiger partial charge on any atom is -0.388 e. The number of aliphatic hydroxyl groups is 1. The molecule has 1 aromatic heterocycles. The van der Waals surface area contributed by atoms with Crippen LogP contribution in [-0.2, 0) is 0 Å². The molecule has 0 aliphatic carbocycles. The zero-order valence-electron chi connectivity index (χ0n) is 10.9. The molecule has 0 fully saturated rings. The normalized spacial score (nSPS) is 14.3. The van der Waals surface area contributed by atoms with Crippen LogP contribution in [0.2, 0.25) is 0 Å². The van der Waals surface area contributed by atoms with E-state index < -0.39 is 5.60 Å². The minimum absolute atomic E-state index is 0.199. The van der Waals surface area contributed by atoms with E-state index in [1.165, 1.54) is 23.5 Å². The predicted octanol–water partition coefficient (Wildman–Crippen LogP) is 2.93. The maximum Gasteiger partial charge on any atom is 0.261 e. The highest BCUT2D eigenvalue weighted by atomic mass is 32.1. The van der Waals surface area contributed by atoms with Gasteiger partial charge in [0.15, 0.2) is 0 Å². The molecule has 5 heteroatoms. The van der Waals surface area contributed by atoms with Crippen molar-refractivity contribution in [2.75, 3.05) is 6.54 Å². The second-order valence-corrected chi connectivity index (χ2v) is 5.91. The fraction of sp³-hybridized carbons (Fsp3) is 0.357. The van der Waals surface area contributed by atoms with Gasteiger partial charge in [0.25, 0.3) is 5.91 Å². The Morgan fingerprint density at radius 3 is 2.89 bits per heavy atom. The molecule has 2 aromatic rings. The number of rotatable bonds is 4. The van der Waals surface area contributed by atoms with Crippen LogP contribution >= 0.6 is 11.3 Å². The summed E-state index contributed by atoms with van der Waals surface area (Å²) < 4.78 is 13.8. The second-order valence-electron chi connectivity index (χ2n) is 4.83. The second kappa shape index (κ2) is 5.27. The first-order chi connectivity index (χ1) is 8.91. The fourth-order valence-electron chi connectivity index (χ4n) is 1.60. The SMILES string of the molecule is CCC(C)(O)CNC(=O)c1cc2ccc(F)cc2s1. The van der Waals surface area contributed by atoms with Crippen molar-refractivity contribution in [3.05, 3.63) is 35.0 Å². The summed E-state index contributed by atoms with van der Waals surface area (Å²) in [4.78, 5) is 12.5. The van der Waals surface area contributed by atoms with Crippen LogP contribution in [-0.4, -0.2) is 23.2 Å². The number of nitrogens with one attached hydrogen (secondary N) is 1. The molecule has 0 saturated carbocycles. The summed E-state index contributed by atoms with van der Waals surface area (Å²) in [6, 6.07) is 6.17. The quantitative estimate of drug-likeness (QED) is 0.905. The highest BCUT2D eigenvalue weighted by Gasteiger charge is 2.19. The number of hydrogen-bond donors (Lipinski definition) is 2. The predicted molar refractivity (Wildman–Crippen MR) is 75.0 cm³/mol. The van der Waals surface area contributed by atoms with Crippen molar-refractivity contribution in [1.29, 1.82) is 0 Å². The van der Waals surface area contributed by atoms with Crippen LogP contribution in [0.15, 0.2) is 24.3 Å². The molecule has 3 nitrogen and oxygen atoms in total. The lowest BCUT2D eigenvalue weighted by atomic mass is 10.0. The summed E-state index contributed by atoms with van der Waals surface area (Å²) in [6.07, 6.45) is 0.560. The third kappa shape index (κ3) is 3.30. The lowest BCUT2D eigenvalue weighted by molar-refractivity contribution is 0.0519. The Kier molecular flexibility index (Phi) is 3.87. The van der Waals surface area contributed by atoms with Gasteiger partial charge >= 0.3 is 0 Å². The molecule has 2 rings (SSSR count). The van der Waals surface area contributed by atoms with Crippen molar-refractivity contribution in [1.82, 2.24) is 5.32 Å².